The lowest BCUT2D eigenvalue weighted by Crippen LogP contribution is -2.38. The highest BCUT2D eigenvalue weighted by atomic mass is 16.6. The molecule has 0 radical (unpaired) electrons. The molecule has 1 fully saturated rings. The third-order valence-corrected chi connectivity index (χ3v) is 7.82. The largest absolute Gasteiger partial charge is 0.270 e. The second kappa shape index (κ2) is 9.58. The highest BCUT2D eigenvalue weighted by molar-refractivity contribution is 5.95. The number of nitro benzene ring substituents is 1. The monoisotopic (exact) mass is 522 g/mol. The molecule has 1 aliphatic rings. The topological polar surface area (TPSA) is 73.8 Å². The van der Waals surface area contributed by atoms with E-state index >= 15 is 0 Å². The molecule has 1 saturated carbocycles. The molecule has 0 spiro atoms. The van der Waals surface area contributed by atoms with E-state index in [1.807, 2.05) is 72.9 Å². The van der Waals surface area contributed by atoms with E-state index in [0.717, 1.165) is 51.7 Å². The van der Waals surface area contributed by atoms with Crippen LogP contribution in [0.2, 0.25) is 0 Å². The lowest BCUT2D eigenvalue weighted by atomic mass is 9.77. The smallest absolute Gasteiger partial charge is 0.261 e. The van der Waals surface area contributed by atoms with Crippen molar-refractivity contribution in [2.24, 2.45) is 0 Å². The van der Waals surface area contributed by atoms with Gasteiger partial charge in [0.25, 0.3) is 5.69 Å². The highest BCUT2D eigenvalue weighted by Gasteiger charge is 2.41. The van der Waals surface area contributed by atoms with Crippen LogP contribution in [0, 0.1) is 10.1 Å². The maximum atomic E-state index is 11.9. The summed E-state index contributed by atoms with van der Waals surface area (Å²) in [6.07, 6.45) is 4.09. The van der Waals surface area contributed by atoms with Crippen molar-refractivity contribution < 1.29 is 4.92 Å². The van der Waals surface area contributed by atoms with Gasteiger partial charge in [-0.2, -0.15) is 5.10 Å². The van der Waals surface area contributed by atoms with E-state index in [2.05, 4.69) is 52.1 Å². The van der Waals surface area contributed by atoms with Crippen molar-refractivity contribution in [3.63, 3.8) is 0 Å². The van der Waals surface area contributed by atoms with Crippen molar-refractivity contribution >= 4 is 16.6 Å². The molecule has 0 saturated heterocycles. The van der Waals surface area contributed by atoms with Crippen LogP contribution in [-0.4, -0.2) is 19.7 Å². The average Bonchev–Trinajstić information content (AvgIpc) is 3.80. The van der Waals surface area contributed by atoms with Crippen LogP contribution in [0.3, 0.4) is 0 Å². The molecule has 6 nitrogen and oxygen atoms in total. The van der Waals surface area contributed by atoms with Crippen LogP contribution in [0.4, 0.5) is 5.69 Å². The van der Waals surface area contributed by atoms with Crippen LogP contribution >= 0.6 is 0 Å². The Bertz CT molecular complexity index is 1730. The van der Waals surface area contributed by atoms with E-state index in [9.17, 15) is 10.1 Å². The molecule has 4 aromatic carbocycles. The molecule has 0 aliphatic heterocycles. The number of nitro groups is 1. The van der Waals surface area contributed by atoms with Gasteiger partial charge >= 0.3 is 0 Å². The van der Waals surface area contributed by atoms with Gasteiger partial charge in [0.1, 0.15) is 11.2 Å². The Kier molecular flexibility index (Phi) is 5.74. The van der Waals surface area contributed by atoms with Crippen LogP contribution < -0.4 is 0 Å². The predicted molar refractivity (Wildman–Crippen MR) is 156 cm³/mol. The number of non-ortho nitro benzene ring substituents is 1. The van der Waals surface area contributed by atoms with Crippen molar-refractivity contribution in [2.45, 2.75) is 24.3 Å². The normalized spacial score (nSPS) is 13.4. The third-order valence-electron chi connectivity index (χ3n) is 7.82. The molecule has 2 aromatic heterocycles. The average molecular weight is 523 g/mol. The van der Waals surface area contributed by atoms with Crippen LogP contribution in [0.15, 0.2) is 128 Å². The van der Waals surface area contributed by atoms with E-state index in [0.29, 0.717) is 11.6 Å². The lowest BCUT2D eigenvalue weighted by molar-refractivity contribution is -0.384. The Balaban J connectivity index is 1.62. The molecule has 6 aromatic rings. The summed E-state index contributed by atoms with van der Waals surface area (Å²) in [6, 6.07) is 40.1. The van der Waals surface area contributed by atoms with Gasteiger partial charge in [-0.05, 0) is 47.7 Å². The SMILES string of the molecule is O=[N+]([O-])c1ccc2c(c1)c(-c1ccnc(C3CC3)c1)nn2C(c1ccccc1)(c1ccccc1)c1ccccc1. The second-order valence-electron chi connectivity index (χ2n) is 10.3. The summed E-state index contributed by atoms with van der Waals surface area (Å²) in [5.74, 6) is 0.472. The molecule has 40 heavy (non-hydrogen) atoms. The molecule has 7 rings (SSSR count). The Hall–Kier alpha value is -5.10. The zero-order chi connectivity index (χ0) is 27.1. The van der Waals surface area contributed by atoms with Gasteiger partial charge in [-0.3, -0.25) is 15.1 Å². The molecule has 6 heteroatoms. The van der Waals surface area contributed by atoms with Gasteiger partial charge in [-0.15, -0.1) is 0 Å². The van der Waals surface area contributed by atoms with Gasteiger partial charge < -0.3 is 0 Å². The van der Waals surface area contributed by atoms with Gasteiger partial charge in [0, 0.05) is 40.9 Å². The maximum Gasteiger partial charge on any atom is 0.270 e. The molecule has 0 N–H and O–H groups in total. The second-order valence-corrected chi connectivity index (χ2v) is 10.3. The van der Waals surface area contributed by atoms with E-state index in [1.165, 1.54) is 0 Å². The summed E-state index contributed by atoms with van der Waals surface area (Å²) in [4.78, 5) is 16.1. The number of benzene rings is 4. The fourth-order valence-electron chi connectivity index (χ4n) is 5.79. The first-order valence-electron chi connectivity index (χ1n) is 13.5. The summed E-state index contributed by atoms with van der Waals surface area (Å²) >= 11 is 0. The number of fused-ring (bicyclic) bond motifs is 1. The van der Waals surface area contributed by atoms with Crippen molar-refractivity contribution in [1.82, 2.24) is 14.8 Å². The fraction of sp³-hybridized carbons (Fsp3) is 0.118. The number of rotatable bonds is 7. The van der Waals surface area contributed by atoms with Gasteiger partial charge in [0.2, 0.25) is 0 Å². The van der Waals surface area contributed by atoms with E-state index in [1.54, 1.807) is 12.1 Å². The predicted octanol–water partition coefficient (Wildman–Crippen LogP) is 7.72. The summed E-state index contributed by atoms with van der Waals surface area (Å²) < 4.78 is 2.05. The first-order chi connectivity index (χ1) is 19.7. The molecule has 0 unspecified atom stereocenters. The summed E-state index contributed by atoms with van der Waals surface area (Å²) in [6.45, 7) is 0. The van der Waals surface area contributed by atoms with Crippen LogP contribution in [0.1, 0.15) is 41.1 Å². The molecule has 0 amide bonds. The summed E-state index contributed by atoms with van der Waals surface area (Å²) in [7, 11) is 0. The maximum absolute atomic E-state index is 11.9. The van der Waals surface area contributed by atoms with Crippen LogP contribution in [0.25, 0.3) is 22.2 Å². The van der Waals surface area contributed by atoms with E-state index < -0.39 is 5.54 Å². The fourth-order valence-corrected chi connectivity index (χ4v) is 5.79. The summed E-state index contributed by atoms with van der Waals surface area (Å²) in [5, 5.41) is 18.0. The van der Waals surface area contributed by atoms with Gasteiger partial charge in [-0.1, -0.05) is 91.0 Å². The zero-order valence-corrected chi connectivity index (χ0v) is 21.7. The van der Waals surface area contributed by atoms with Crippen molar-refractivity contribution in [3.05, 3.63) is 160 Å². The van der Waals surface area contributed by atoms with Crippen LogP contribution in [0.5, 0.6) is 0 Å². The van der Waals surface area contributed by atoms with E-state index in [-0.39, 0.29) is 10.6 Å². The number of nitrogens with zero attached hydrogens (tertiary/aromatic N) is 4. The first-order valence-corrected chi connectivity index (χ1v) is 13.5. The van der Waals surface area contributed by atoms with Gasteiger partial charge in [0.15, 0.2) is 0 Å². The Morgan fingerprint density at radius 2 is 1.32 bits per heavy atom. The van der Waals surface area contributed by atoms with E-state index in [4.69, 9.17) is 5.10 Å². The standard InChI is InChI=1S/C34H26N4O2/c39-38(40)29-18-19-32-30(23-29)33(25-20-21-35-31(22-25)24-16-17-24)36-37(32)34(26-10-4-1-5-11-26,27-12-6-2-7-13-27)28-14-8-3-9-15-28/h1-15,18-24H,16-17H2. The van der Waals surface area contributed by atoms with Crippen molar-refractivity contribution in [3.8, 4) is 11.3 Å². The van der Waals surface area contributed by atoms with Gasteiger partial charge in [0.05, 0.1) is 10.4 Å². The Labute approximate surface area is 231 Å². The van der Waals surface area contributed by atoms with Gasteiger partial charge in [-0.25, -0.2) is 4.68 Å². The Morgan fingerprint density at radius 1 is 0.750 bits per heavy atom. The minimum atomic E-state index is -0.844. The third kappa shape index (κ3) is 3.88. The van der Waals surface area contributed by atoms with Crippen molar-refractivity contribution in [2.75, 3.05) is 0 Å². The van der Waals surface area contributed by atoms with Crippen LogP contribution in [-0.2, 0) is 5.54 Å². The molecular formula is C34H26N4O2. The number of aromatic nitrogens is 3. The number of hydrogen-bond acceptors (Lipinski definition) is 4. The number of pyridine rings is 1. The first kappa shape index (κ1) is 24.0. The lowest BCUT2D eigenvalue weighted by Gasteiger charge is -2.37. The quantitative estimate of drug-likeness (QED) is 0.122. The molecule has 194 valence electrons. The van der Waals surface area contributed by atoms with Crippen molar-refractivity contribution in [1.29, 1.82) is 0 Å². The minimum Gasteiger partial charge on any atom is -0.261 e. The minimum absolute atomic E-state index is 0.0366. The molecule has 2 heterocycles. The molecule has 0 atom stereocenters. The zero-order valence-electron chi connectivity index (χ0n) is 21.7. The number of hydrogen-bond donors (Lipinski definition) is 0. The summed E-state index contributed by atoms with van der Waals surface area (Å²) in [5.41, 5.74) is 5.77. The molecule has 0 bridgehead atoms. The Morgan fingerprint density at radius 3 is 1.85 bits per heavy atom. The highest BCUT2D eigenvalue weighted by Crippen LogP contribution is 2.45. The molecule has 1 aliphatic carbocycles. The molecular weight excluding hydrogens is 496 g/mol.